The van der Waals surface area contributed by atoms with Crippen LogP contribution in [0.15, 0.2) is 28.9 Å². The molecule has 0 saturated carbocycles. The fraction of sp³-hybridized carbons (Fsp3) is 0.467. The van der Waals surface area contributed by atoms with E-state index < -0.39 is 0 Å². The molecule has 1 aromatic carbocycles. The molecule has 0 unspecified atom stereocenters. The monoisotopic (exact) mass is 336 g/mol. The SMILES string of the molecule is CCc1cc(Br)ccc1-n1cc(CNC(C)(C)C)nn1. The third-order valence-electron chi connectivity index (χ3n) is 3.01. The molecule has 0 spiro atoms. The quantitative estimate of drug-likeness (QED) is 0.929. The Hall–Kier alpha value is -1.20. The summed E-state index contributed by atoms with van der Waals surface area (Å²) in [6.45, 7) is 9.29. The van der Waals surface area contributed by atoms with E-state index in [2.05, 4.69) is 71.4 Å². The number of nitrogens with one attached hydrogen (secondary N) is 1. The third-order valence-corrected chi connectivity index (χ3v) is 3.50. The molecule has 4 nitrogen and oxygen atoms in total. The van der Waals surface area contributed by atoms with Crippen LogP contribution in [0.2, 0.25) is 0 Å². The zero-order chi connectivity index (χ0) is 14.8. The van der Waals surface area contributed by atoms with E-state index in [0.717, 1.165) is 28.8 Å². The molecule has 2 aromatic rings. The lowest BCUT2D eigenvalue weighted by molar-refractivity contribution is 0.421. The maximum Gasteiger partial charge on any atom is 0.0969 e. The van der Waals surface area contributed by atoms with Crippen LogP contribution >= 0.6 is 15.9 Å². The molecule has 1 aromatic heterocycles. The maximum absolute atomic E-state index is 4.24. The van der Waals surface area contributed by atoms with Crippen molar-refractivity contribution in [2.45, 2.75) is 46.2 Å². The Morgan fingerprint density at radius 2 is 2.05 bits per heavy atom. The molecule has 0 aliphatic rings. The molecule has 5 heteroatoms. The highest BCUT2D eigenvalue weighted by atomic mass is 79.9. The molecular weight excluding hydrogens is 316 g/mol. The summed E-state index contributed by atoms with van der Waals surface area (Å²) in [7, 11) is 0. The van der Waals surface area contributed by atoms with Gasteiger partial charge in [-0.05, 0) is 51.0 Å². The van der Waals surface area contributed by atoms with Crippen molar-refractivity contribution >= 4 is 15.9 Å². The molecule has 0 radical (unpaired) electrons. The third kappa shape index (κ3) is 3.90. The Morgan fingerprint density at radius 1 is 1.30 bits per heavy atom. The summed E-state index contributed by atoms with van der Waals surface area (Å²) < 4.78 is 2.94. The number of aromatic nitrogens is 3. The highest BCUT2D eigenvalue weighted by Gasteiger charge is 2.11. The van der Waals surface area contributed by atoms with Gasteiger partial charge < -0.3 is 5.32 Å². The molecule has 0 aliphatic heterocycles. The molecule has 0 amide bonds. The first-order valence-electron chi connectivity index (χ1n) is 6.84. The summed E-state index contributed by atoms with van der Waals surface area (Å²) in [6, 6.07) is 6.23. The van der Waals surface area contributed by atoms with Crippen molar-refractivity contribution in [3.05, 3.63) is 40.1 Å². The van der Waals surface area contributed by atoms with E-state index in [-0.39, 0.29) is 5.54 Å². The Bertz CT molecular complexity index is 584. The van der Waals surface area contributed by atoms with Gasteiger partial charge in [0.05, 0.1) is 17.6 Å². The molecule has 20 heavy (non-hydrogen) atoms. The Kier molecular flexibility index (Phi) is 4.60. The van der Waals surface area contributed by atoms with Gasteiger partial charge in [0.25, 0.3) is 0 Å². The normalized spacial score (nSPS) is 11.8. The maximum atomic E-state index is 4.24. The molecular formula is C15H21BrN4. The summed E-state index contributed by atoms with van der Waals surface area (Å²) in [5, 5.41) is 11.9. The molecule has 0 bridgehead atoms. The van der Waals surface area contributed by atoms with E-state index in [9.17, 15) is 0 Å². The average Bonchev–Trinajstić information content (AvgIpc) is 2.84. The van der Waals surface area contributed by atoms with E-state index in [1.54, 1.807) is 0 Å². The molecule has 108 valence electrons. The topological polar surface area (TPSA) is 42.7 Å². The van der Waals surface area contributed by atoms with E-state index in [0.29, 0.717) is 0 Å². The second kappa shape index (κ2) is 6.06. The van der Waals surface area contributed by atoms with Crippen LogP contribution in [-0.2, 0) is 13.0 Å². The number of hydrogen-bond donors (Lipinski definition) is 1. The van der Waals surface area contributed by atoms with Gasteiger partial charge in [0, 0.05) is 16.6 Å². The summed E-state index contributed by atoms with van der Waals surface area (Å²) in [5.41, 5.74) is 3.37. The van der Waals surface area contributed by atoms with Gasteiger partial charge in [0.1, 0.15) is 0 Å². The Labute approximate surface area is 128 Å². The van der Waals surface area contributed by atoms with Crippen molar-refractivity contribution < 1.29 is 0 Å². The first-order valence-corrected chi connectivity index (χ1v) is 7.63. The number of hydrogen-bond acceptors (Lipinski definition) is 3. The smallest absolute Gasteiger partial charge is 0.0969 e. The van der Waals surface area contributed by atoms with Crippen LogP contribution in [-0.4, -0.2) is 20.5 Å². The van der Waals surface area contributed by atoms with Crippen molar-refractivity contribution in [2.75, 3.05) is 0 Å². The minimum Gasteiger partial charge on any atom is -0.306 e. The average molecular weight is 337 g/mol. The molecule has 2 rings (SSSR count). The number of aryl methyl sites for hydroxylation is 1. The Balaban J connectivity index is 2.20. The second-order valence-electron chi connectivity index (χ2n) is 5.88. The summed E-state index contributed by atoms with van der Waals surface area (Å²) in [6.07, 6.45) is 2.95. The van der Waals surface area contributed by atoms with Gasteiger partial charge in [-0.1, -0.05) is 28.1 Å². The lowest BCUT2D eigenvalue weighted by Gasteiger charge is -2.19. The van der Waals surface area contributed by atoms with E-state index in [1.807, 2.05) is 16.9 Å². The lowest BCUT2D eigenvalue weighted by atomic mass is 10.1. The molecule has 0 aliphatic carbocycles. The van der Waals surface area contributed by atoms with Gasteiger partial charge >= 0.3 is 0 Å². The van der Waals surface area contributed by atoms with Gasteiger partial charge in [-0.2, -0.15) is 0 Å². The fourth-order valence-corrected chi connectivity index (χ4v) is 2.32. The molecule has 1 heterocycles. The van der Waals surface area contributed by atoms with Crippen LogP contribution in [0.4, 0.5) is 0 Å². The summed E-state index contributed by atoms with van der Waals surface area (Å²) in [5.74, 6) is 0. The molecule has 0 saturated heterocycles. The predicted molar refractivity (Wildman–Crippen MR) is 85.0 cm³/mol. The van der Waals surface area contributed by atoms with E-state index >= 15 is 0 Å². The number of nitrogens with zero attached hydrogens (tertiary/aromatic N) is 3. The highest BCUT2D eigenvalue weighted by molar-refractivity contribution is 9.10. The van der Waals surface area contributed by atoms with Crippen LogP contribution in [0.25, 0.3) is 5.69 Å². The van der Waals surface area contributed by atoms with E-state index in [1.165, 1.54) is 5.56 Å². The minimum absolute atomic E-state index is 0.0793. The van der Waals surface area contributed by atoms with Gasteiger partial charge in [0.15, 0.2) is 0 Å². The first kappa shape index (κ1) is 15.2. The van der Waals surface area contributed by atoms with Crippen LogP contribution in [0.1, 0.15) is 39.0 Å². The fourth-order valence-electron chi connectivity index (χ4n) is 1.91. The standard InChI is InChI=1S/C15H21BrN4/c1-5-11-8-12(16)6-7-14(11)20-10-13(18-19-20)9-17-15(2,3)4/h6-8,10,17H,5,9H2,1-4H3. The van der Waals surface area contributed by atoms with Crippen LogP contribution in [0, 0.1) is 0 Å². The van der Waals surface area contributed by atoms with Crippen LogP contribution in [0.3, 0.4) is 0 Å². The lowest BCUT2D eigenvalue weighted by Crippen LogP contribution is -2.35. The van der Waals surface area contributed by atoms with Gasteiger partial charge in [0.2, 0.25) is 0 Å². The zero-order valence-corrected chi connectivity index (χ0v) is 14.0. The highest BCUT2D eigenvalue weighted by Crippen LogP contribution is 2.20. The van der Waals surface area contributed by atoms with Crippen molar-refractivity contribution in [1.29, 1.82) is 0 Å². The molecule has 1 N–H and O–H groups in total. The van der Waals surface area contributed by atoms with Gasteiger partial charge in [-0.25, -0.2) is 4.68 Å². The van der Waals surface area contributed by atoms with Gasteiger partial charge in [-0.15, -0.1) is 5.10 Å². The summed E-state index contributed by atoms with van der Waals surface area (Å²) >= 11 is 3.51. The zero-order valence-electron chi connectivity index (χ0n) is 12.4. The number of benzene rings is 1. The molecule has 0 atom stereocenters. The van der Waals surface area contributed by atoms with Crippen molar-refractivity contribution in [2.24, 2.45) is 0 Å². The Morgan fingerprint density at radius 3 is 2.70 bits per heavy atom. The largest absolute Gasteiger partial charge is 0.306 e. The van der Waals surface area contributed by atoms with Gasteiger partial charge in [-0.3, -0.25) is 0 Å². The minimum atomic E-state index is 0.0793. The van der Waals surface area contributed by atoms with Crippen molar-refractivity contribution in [1.82, 2.24) is 20.3 Å². The van der Waals surface area contributed by atoms with Crippen molar-refractivity contribution in [3.63, 3.8) is 0 Å². The predicted octanol–water partition coefficient (Wildman–Crippen LogP) is 3.48. The second-order valence-corrected chi connectivity index (χ2v) is 6.80. The first-order chi connectivity index (χ1) is 9.39. The van der Waals surface area contributed by atoms with Crippen LogP contribution in [0.5, 0.6) is 0 Å². The number of rotatable bonds is 4. The van der Waals surface area contributed by atoms with Crippen molar-refractivity contribution in [3.8, 4) is 5.69 Å². The van der Waals surface area contributed by atoms with Crippen LogP contribution < -0.4 is 5.32 Å². The molecule has 0 fully saturated rings. The van der Waals surface area contributed by atoms with E-state index in [4.69, 9.17) is 0 Å². The summed E-state index contributed by atoms with van der Waals surface area (Å²) in [4.78, 5) is 0. The number of halogens is 1.